The zero-order chi connectivity index (χ0) is 67.9. The van der Waals surface area contributed by atoms with Crippen molar-refractivity contribution in [3.05, 3.63) is 154 Å². The SMILES string of the molecule is Cc1ccc(C2=CN3C(=O)c4ccc(OCCCOc5ccc6c(c5)N=C[C@@H]5CC(c7cccc(CC(=O)OCc8ccc(O[C@@H]9OC(C(=O)O)[C@@H](O)[C@H](O)C9O)c(NC(=O)CCNC(=O)CCCCCN9C(=O)CC(C(C)(C)C)C9=O)c8)c7)=CN5C6=O)cc4N=C[C@@H]3C2)cc1. The predicted octanol–water partition coefficient (Wildman–Crippen LogP) is 7.77. The molecule has 6 heterocycles. The van der Waals surface area contributed by atoms with Crippen LogP contribution in [0.2, 0.25) is 0 Å². The van der Waals surface area contributed by atoms with Crippen LogP contribution < -0.4 is 24.8 Å². The topological polar surface area (TPSA) is 322 Å². The van der Waals surface area contributed by atoms with E-state index in [1.807, 2.05) is 52.2 Å². The van der Waals surface area contributed by atoms with Crippen molar-refractivity contribution < 1.29 is 82.5 Å². The Morgan fingerprint density at radius 2 is 1.31 bits per heavy atom. The maximum atomic E-state index is 14.1. The molecule has 5 aromatic rings. The number of hydrogen-bond donors (Lipinski definition) is 6. The minimum absolute atomic E-state index is 0.0288. The van der Waals surface area contributed by atoms with E-state index in [2.05, 4.69) is 34.9 Å². The number of fused-ring (bicyclic) bond motifs is 4. The Labute approximate surface area is 554 Å². The summed E-state index contributed by atoms with van der Waals surface area (Å²) in [6.07, 6.45) is 0.873. The monoisotopic (exact) mass is 1310 g/mol. The van der Waals surface area contributed by atoms with Crippen molar-refractivity contribution in [2.45, 2.75) is 141 Å². The van der Waals surface area contributed by atoms with Crippen molar-refractivity contribution in [3.63, 3.8) is 0 Å². The number of aliphatic hydroxyl groups is 3. The average molecular weight is 1310 g/mol. The number of benzene rings is 5. The van der Waals surface area contributed by atoms with Crippen LogP contribution in [-0.2, 0) is 51.3 Å². The van der Waals surface area contributed by atoms with Crippen molar-refractivity contribution in [1.82, 2.24) is 20.0 Å². The molecule has 0 spiro atoms. The summed E-state index contributed by atoms with van der Waals surface area (Å²) in [6, 6.07) is 29.8. The largest absolute Gasteiger partial charge is 0.493 e. The molecule has 0 aromatic heterocycles. The van der Waals surface area contributed by atoms with E-state index in [0.29, 0.717) is 96.9 Å². The lowest BCUT2D eigenvalue weighted by Gasteiger charge is -2.38. The number of anilines is 1. The van der Waals surface area contributed by atoms with Gasteiger partial charge in [-0.2, -0.15) is 0 Å². The first-order chi connectivity index (χ1) is 46.0. The van der Waals surface area contributed by atoms with Crippen molar-refractivity contribution >= 4 is 88.0 Å². The molecular weight excluding hydrogens is 1230 g/mol. The normalized spacial score (nSPS) is 21.9. The number of aliphatic carboxylic acids is 1. The number of amides is 6. The summed E-state index contributed by atoms with van der Waals surface area (Å²) in [6.45, 7) is 8.44. The quantitative estimate of drug-likeness (QED) is 0.0185. The molecule has 24 heteroatoms. The van der Waals surface area contributed by atoms with Crippen LogP contribution in [-0.4, -0.2) is 164 Å². The van der Waals surface area contributed by atoms with Gasteiger partial charge in [0.25, 0.3) is 11.8 Å². The number of unbranched alkanes of at least 4 members (excludes halogenated alkanes) is 2. The number of carboxylic acids is 1. The Morgan fingerprint density at radius 1 is 0.667 bits per heavy atom. The lowest BCUT2D eigenvalue weighted by Crippen LogP contribution is -2.61. The smallest absolute Gasteiger partial charge is 0.335 e. The Balaban J connectivity index is 0.644. The van der Waals surface area contributed by atoms with E-state index < -0.39 is 48.6 Å². The molecule has 502 valence electrons. The van der Waals surface area contributed by atoms with Crippen LogP contribution in [0, 0.1) is 18.3 Å². The van der Waals surface area contributed by atoms with Gasteiger partial charge < -0.3 is 64.5 Å². The molecule has 24 nitrogen and oxygen atoms in total. The number of carbonyl (C=O) groups excluding carboxylic acids is 7. The van der Waals surface area contributed by atoms with Crippen LogP contribution in [0.3, 0.4) is 0 Å². The molecule has 6 N–H and O–H groups in total. The number of esters is 1. The van der Waals surface area contributed by atoms with Gasteiger partial charge in [-0.1, -0.05) is 87.4 Å². The number of aliphatic hydroxyl groups excluding tert-OH is 3. The number of carbonyl (C=O) groups is 8. The molecule has 0 bridgehead atoms. The average Bonchev–Trinajstić information content (AvgIpc) is 1.40. The molecule has 3 unspecified atom stereocenters. The summed E-state index contributed by atoms with van der Waals surface area (Å²) in [5.41, 5.74) is 7.56. The van der Waals surface area contributed by atoms with E-state index in [1.54, 1.807) is 70.7 Å². The van der Waals surface area contributed by atoms with Crippen LogP contribution in [0.25, 0.3) is 11.1 Å². The Kier molecular flexibility index (Phi) is 20.7. The van der Waals surface area contributed by atoms with Gasteiger partial charge in [0.2, 0.25) is 29.9 Å². The third-order valence-electron chi connectivity index (χ3n) is 17.7. The van der Waals surface area contributed by atoms with Gasteiger partial charge in [0.1, 0.15) is 42.2 Å². The van der Waals surface area contributed by atoms with Gasteiger partial charge in [0, 0.05) is 88.6 Å². The number of rotatable bonds is 25. The third-order valence-corrected chi connectivity index (χ3v) is 17.7. The van der Waals surface area contributed by atoms with Crippen molar-refractivity contribution in [2.75, 3.05) is 31.6 Å². The van der Waals surface area contributed by atoms with Gasteiger partial charge in [-0.3, -0.25) is 48.4 Å². The lowest BCUT2D eigenvalue weighted by molar-refractivity contribution is -0.271. The first-order valence-electron chi connectivity index (χ1n) is 32.2. The number of carboxylic acid groups (broad SMARTS) is 1. The number of ether oxygens (including phenoxy) is 5. The summed E-state index contributed by atoms with van der Waals surface area (Å²) in [4.78, 5) is 119. The summed E-state index contributed by atoms with van der Waals surface area (Å²) < 4.78 is 28.9. The van der Waals surface area contributed by atoms with Crippen LogP contribution in [0.4, 0.5) is 17.1 Å². The number of nitrogens with zero attached hydrogens (tertiary/aromatic N) is 5. The zero-order valence-electron chi connectivity index (χ0n) is 53.7. The minimum atomic E-state index is -1.99. The summed E-state index contributed by atoms with van der Waals surface area (Å²) in [5, 5.41) is 46.4. The van der Waals surface area contributed by atoms with Crippen LogP contribution in [0.5, 0.6) is 17.2 Å². The fourth-order valence-electron chi connectivity index (χ4n) is 12.3. The number of nitrogens with one attached hydrogen (secondary N) is 2. The molecule has 2 saturated heterocycles. The highest BCUT2D eigenvalue weighted by molar-refractivity contribution is 6.06. The third kappa shape index (κ3) is 15.7. The summed E-state index contributed by atoms with van der Waals surface area (Å²) in [7, 11) is 0. The van der Waals surface area contributed by atoms with Crippen molar-refractivity contribution in [3.8, 4) is 17.2 Å². The molecule has 2 fully saturated rings. The molecule has 5 aromatic carbocycles. The number of aliphatic imine (C=N–C) groups is 2. The lowest BCUT2D eigenvalue weighted by atomic mass is 9.80. The first kappa shape index (κ1) is 67.5. The maximum Gasteiger partial charge on any atom is 0.335 e. The molecule has 0 saturated carbocycles. The van der Waals surface area contributed by atoms with E-state index in [9.17, 15) is 58.8 Å². The second kappa shape index (κ2) is 29.4. The Morgan fingerprint density at radius 3 is 1.94 bits per heavy atom. The van der Waals surface area contributed by atoms with Crippen LogP contribution in [0.1, 0.15) is 127 Å². The Bertz CT molecular complexity index is 3970. The van der Waals surface area contributed by atoms with Crippen molar-refractivity contribution in [2.24, 2.45) is 21.3 Å². The van der Waals surface area contributed by atoms with Crippen molar-refractivity contribution in [1.29, 1.82) is 0 Å². The van der Waals surface area contributed by atoms with Gasteiger partial charge in [-0.25, -0.2) is 4.79 Å². The highest BCUT2D eigenvalue weighted by Gasteiger charge is 2.49. The number of aryl methyl sites for hydroxylation is 1. The standard InChI is InChI=1S/C72H77N7O17/c1-41-13-16-44(17-14-41)46-31-48-36-74-55-33-50(18-20-52(55)67(87)78(48)38-46)92-26-9-27-93-51-19-21-53-56(34-51)75-37-49-32-47(39-79(49)68(53)88)45-11-8-10-42(28-45)30-62(83)94-40-43-15-22-58(95-71-65(86)63(84)64(85)66(96-71)70(90)91)57(29-43)76-60(81)23-24-73-59(80)12-6-5-7-25-77-61(82)35-54(69(77)89)72(2,3)4/h8,10-11,13-22,28-29,33-34,36-39,48-49,54,63-66,71,84-86H,5-7,9,12,23-27,30-32,35,40H2,1-4H3,(H,73,80)(H,76,81)(H,90,91)/t48-,49-,54?,63-,64-,65?,66?,71+/m0/s1. The van der Waals surface area contributed by atoms with Gasteiger partial charge in [0.15, 0.2) is 6.10 Å². The first-order valence-corrected chi connectivity index (χ1v) is 32.2. The summed E-state index contributed by atoms with van der Waals surface area (Å²) >= 11 is 0. The molecule has 6 aliphatic rings. The van der Waals surface area contributed by atoms with Crippen LogP contribution >= 0.6 is 0 Å². The molecular formula is C72H77N7O17. The number of hydrogen-bond acceptors (Lipinski definition) is 18. The van der Waals surface area contributed by atoms with E-state index >= 15 is 0 Å². The van der Waals surface area contributed by atoms with E-state index in [4.69, 9.17) is 33.7 Å². The fourth-order valence-corrected chi connectivity index (χ4v) is 12.3. The van der Waals surface area contributed by atoms with Gasteiger partial charge in [0.05, 0.1) is 65.8 Å². The van der Waals surface area contributed by atoms with Gasteiger partial charge in [-0.15, -0.1) is 0 Å². The minimum Gasteiger partial charge on any atom is -0.493 e. The fraction of sp³-hybridized carbons (Fsp3) is 0.389. The van der Waals surface area contributed by atoms with Crippen LogP contribution in [0.15, 0.2) is 126 Å². The molecule has 8 atom stereocenters. The second-order valence-corrected chi connectivity index (χ2v) is 25.8. The van der Waals surface area contributed by atoms with Gasteiger partial charge >= 0.3 is 11.9 Å². The molecule has 96 heavy (non-hydrogen) atoms. The highest BCUT2D eigenvalue weighted by atomic mass is 16.7. The molecule has 11 rings (SSSR count). The highest BCUT2D eigenvalue weighted by Crippen LogP contribution is 2.40. The Hall–Kier alpha value is -9.88. The second-order valence-electron chi connectivity index (χ2n) is 25.8. The zero-order valence-corrected chi connectivity index (χ0v) is 53.7. The van der Waals surface area contributed by atoms with E-state index in [1.165, 1.54) is 28.7 Å². The number of imide groups is 1. The molecule has 6 amide bonds. The molecule has 0 aliphatic carbocycles. The van der Waals surface area contributed by atoms with E-state index in [-0.39, 0.29) is 110 Å². The molecule has 6 aliphatic heterocycles. The van der Waals surface area contributed by atoms with E-state index in [0.717, 1.165) is 22.3 Å². The predicted molar refractivity (Wildman–Crippen MR) is 351 cm³/mol. The number of likely N-dealkylation sites (tertiary alicyclic amines) is 1. The summed E-state index contributed by atoms with van der Waals surface area (Å²) in [5.74, 6) is -3.24. The maximum absolute atomic E-state index is 14.1. The van der Waals surface area contributed by atoms with Gasteiger partial charge in [-0.05, 0) is 95.0 Å². The molecule has 0 radical (unpaired) electrons.